The van der Waals surface area contributed by atoms with Crippen molar-refractivity contribution in [1.29, 1.82) is 0 Å². The molecule has 1 heterocycles. The number of aliphatic carboxylic acids is 2. The maximum absolute atomic E-state index is 11.6. The molecule has 1 aliphatic rings. The second kappa shape index (κ2) is 12.8. The summed E-state index contributed by atoms with van der Waals surface area (Å²) in [7, 11) is 0. The van der Waals surface area contributed by atoms with Crippen molar-refractivity contribution < 1.29 is 29.3 Å². The van der Waals surface area contributed by atoms with Crippen LogP contribution >= 0.6 is 11.8 Å². The van der Waals surface area contributed by atoms with E-state index in [9.17, 15) is 14.4 Å². The van der Waals surface area contributed by atoms with Gasteiger partial charge in [0.15, 0.2) is 0 Å². The minimum atomic E-state index is -1.26. The van der Waals surface area contributed by atoms with Gasteiger partial charge in [-0.3, -0.25) is 4.90 Å². The second-order valence-corrected chi connectivity index (χ2v) is 6.70. The van der Waals surface area contributed by atoms with Crippen molar-refractivity contribution in [3.63, 3.8) is 0 Å². The zero-order valence-corrected chi connectivity index (χ0v) is 16.9. The van der Waals surface area contributed by atoms with E-state index in [1.807, 2.05) is 6.92 Å². The Morgan fingerprint density at radius 2 is 1.71 bits per heavy atom. The molecule has 2 rings (SSSR count). The van der Waals surface area contributed by atoms with E-state index in [1.54, 1.807) is 16.7 Å². The van der Waals surface area contributed by atoms with Crippen molar-refractivity contribution in [2.45, 2.75) is 18.4 Å². The van der Waals surface area contributed by atoms with Crippen LogP contribution in [-0.2, 0) is 20.9 Å². The molecule has 1 amide bonds. The fourth-order valence-corrected chi connectivity index (χ4v) is 2.96. The summed E-state index contributed by atoms with van der Waals surface area (Å²) in [6.07, 6.45) is 3.03. The van der Waals surface area contributed by atoms with Crippen molar-refractivity contribution in [1.82, 2.24) is 9.80 Å². The molecule has 1 fully saturated rings. The van der Waals surface area contributed by atoms with Gasteiger partial charge in [0.05, 0.1) is 6.61 Å². The van der Waals surface area contributed by atoms with Crippen molar-refractivity contribution in [3.05, 3.63) is 42.0 Å². The quantitative estimate of drug-likeness (QED) is 0.544. The Bertz CT molecular complexity index is 671. The zero-order valence-electron chi connectivity index (χ0n) is 16.0. The number of thioether (sulfide) groups is 1. The van der Waals surface area contributed by atoms with Crippen molar-refractivity contribution in [3.8, 4) is 0 Å². The number of hydrogen-bond donors (Lipinski definition) is 2. The average Bonchev–Trinajstić information content (AvgIpc) is 2.68. The molecule has 9 heteroatoms. The molecule has 1 aromatic rings. The first-order valence-electron chi connectivity index (χ1n) is 8.76. The van der Waals surface area contributed by atoms with E-state index in [-0.39, 0.29) is 6.09 Å². The number of carboxylic acids is 2. The van der Waals surface area contributed by atoms with Crippen LogP contribution in [0.1, 0.15) is 12.5 Å². The Labute approximate surface area is 168 Å². The van der Waals surface area contributed by atoms with Crippen LogP contribution in [0.15, 0.2) is 41.3 Å². The minimum Gasteiger partial charge on any atom is -0.478 e. The lowest BCUT2D eigenvalue weighted by atomic mass is 10.2. The van der Waals surface area contributed by atoms with Crippen LogP contribution in [0.2, 0.25) is 0 Å². The summed E-state index contributed by atoms with van der Waals surface area (Å²) in [6.45, 7) is 6.55. The third kappa shape index (κ3) is 9.43. The van der Waals surface area contributed by atoms with Crippen LogP contribution in [-0.4, -0.2) is 77.1 Å². The van der Waals surface area contributed by atoms with Crippen LogP contribution in [0.25, 0.3) is 0 Å². The van der Waals surface area contributed by atoms with E-state index in [0.717, 1.165) is 32.7 Å². The highest BCUT2D eigenvalue weighted by Crippen LogP contribution is 2.17. The summed E-state index contributed by atoms with van der Waals surface area (Å²) >= 11 is 1.77. The number of nitrogens with zero attached hydrogens (tertiary/aromatic N) is 2. The van der Waals surface area contributed by atoms with Crippen molar-refractivity contribution in [2.75, 3.05) is 39.0 Å². The highest BCUT2D eigenvalue weighted by molar-refractivity contribution is 7.98. The maximum atomic E-state index is 11.6. The lowest BCUT2D eigenvalue weighted by molar-refractivity contribution is -0.134. The molecule has 0 aromatic heterocycles. The van der Waals surface area contributed by atoms with E-state index in [4.69, 9.17) is 14.9 Å². The van der Waals surface area contributed by atoms with Crippen LogP contribution in [0.3, 0.4) is 0 Å². The first kappa shape index (κ1) is 23.5. The lowest BCUT2D eigenvalue weighted by Gasteiger charge is -2.34. The molecule has 0 radical (unpaired) electrons. The molecule has 1 saturated heterocycles. The minimum absolute atomic E-state index is 0.184. The molecular formula is C19H26N2O6S. The summed E-state index contributed by atoms with van der Waals surface area (Å²) < 4.78 is 5.03. The van der Waals surface area contributed by atoms with E-state index in [2.05, 4.69) is 35.4 Å². The number of rotatable bonds is 6. The van der Waals surface area contributed by atoms with Crippen molar-refractivity contribution in [2.24, 2.45) is 0 Å². The Morgan fingerprint density at radius 1 is 1.11 bits per heavy atom. The molecule has 154 valence electrons. The van der Waals surface area contributed by atoms with Gasteiger partial charge in [0.25, 0.3) is 0 Å². The van der Waals surface area contributed by atoms with Gasteiger partial charge in [0.1, 0.15) is 0 Å². The van der Waals surface area contributed by atoms with Crippen LogP contribution in [0, 0.1) is 0 Å². The third-order valence-electron chi connectivity index (χ3n) is 3.81. The van der Waals surface area contributed by atoms with Crippen LogP contribution in [0.4, 0.5) is 4.79 Å². The molecular weight excluding hydrogens is 384 g/mol. The predicted molar refractivity (Wildman–Crippen MR) is 107 cm³/mol. The molecule has 0 spiro atoms. The summed E-state index contributed by atoms with van der Waals surface area (Å²) in [6, 6.07) is 8.64. The molecule has 0 saturated carbocycles. The fraction of sp³-hybridized carbons (Fsp3) is 0.421. The normalized spacial score (nSPS) is 14.3. The Morgan fingerprint density at radius 3 is 2.21 bits per heavy atom. The monoisotopic (exact) mass is 410 g/mol. The van der Waals surface area contributed by atoms with Gasteiger partial charge < -0.3 is 19.8 Å². The summed E-state index contributed by atoms with van der Waals surface area (Å²) in [5.41, 5.74) is 1.33. The largest absolute Gasteiger partial charge is 0.478 e. The number of carbonyl (C=O) groups excluding carboxylic acids is 1. The molecule has 1 aliphatic heterocycles. The first-order valence-corrected chi connectivity index (χ1v) is 9.99. The number of amides is 1. The number of piperazine rings is 1. The topological polar surface area (TPSA) is 107 Å². The van der Waals surface area contributed by atoms with Gasteiger partial charge in [-0.05, 0) is 30.9 Å². The standard InChI is InChI=1S/C15H22N2O2S.C4H4O4/c1-3-19-15(18)17-9-7-16(8-10-17)12-13-5-4-6-14(11-13)20-2;5-3(6)1-2-4(7)8/h4-6,11H,3,7-10,12H2,1-2H3;1-2H,(H,5,6)(H,7,8)/b;2-1-. The maximum Gasteiger partial charge on any atom is 0.409 e. The number of ether oxygens (including phenoxy) is 1. The SMILES string of the molecule is CCOC(=O)N1CCN(Cc2cccc(SC)c2)CC1.O=C(O)/C=C\C(=O)O. The molecule has 8 nitrogen and oxygen atoms in total. The number of hydrogen-bond acceptors (Lipinski definition) is 6. The molecule has 28 heavy (non-hydrogen) atoms. The molecule has 0 aliphatic carbocycles. The second-order valence-electron chi connectivity index (χ2n) is 5.82. The van der Waals surface area contributed by atoms with Gasteiger partial charge in [-0.1, -0.05) is 12.1 Å². The molecule has 0 unspecified atom stereocenters. The van der Waals surface area contributed by atoms with Gasteiger partial charge in [0, 0.05) is 49.8 Å². The highest BCUT2D eigenvalue weighted by atomic mass is 32.2. The van der Waals surface area contributed by atoms with E-state index in [0.29, 0.717) is 18.8 Å². The van der Waals surface area contributed by atoms with Gasteiger partial charge in [-0.2, -0.15) is 0 Å². The average molecular weight is 410 g/mol. The molecule has 1 aromatic carbocycles. The highest BCUT2D eigenvalue weighted by Gasteiger charge is 2.21. The van der Waals surface area contributed by atoms with E-state index in [1.165, 1.54) is 10.5 Å². The van der Waals surface area contributed by atoms with E-state index >= 15 is 0 Å². The van der Waals surface area contributed by atoms with Crippen molar-refractivity contribution >= 4 is 29.8 Å². The number of carbonyl (C=O) groups is 3. The molecule has 0 atom stereocenters. The molecule has 2 N–H and O–H groups in total. The summed E-state index contributed by atoms with van der Waals surface area (Å²) in [4.78, 5) is 36.2. The summed E-state index contributed by atoms with van der Waals surface area (Å²) in [5, 5.41) is 15.6. The Hall–Kier alpha value is -2.52. The first-order chi connectivity index (χ1) is 13.3. The zero-order chi connectivity index (χ0) is 20.9. The summed E-state index contributed by atoms with van der Waals surface area (Å²) in [5.74, 6) is -2.51. The van der Waals surface area contributed by atoms with Crippen LogP contribution < -0.4 is 0 Å². The third-order valence-corrected chi connectivity index (χ3v) is 4.53. The van der Waals surface area contributed by atoms with Gasteiger partial charge in [-0.15, -0.1) is 11.8 Å². The Kier molecular flexibility index (Phi) is 10.7. The lowest BCUT2D eigenvalue weighted by Crippen LogP contribution is -2.48. The number of benzene rings is 1. The number of carboxylic acid groups (broad SMARTS) is 2. The van der Waals surface area contributed by atoms with Gasteiger partial charge in [-0.25, -0.2) is 14.4 Å². The smallest absolute Gasteiger partial charge is 0.409 e. The molecule has 0 bridgehead atoms. The van der Waals surface area contributed by atoms with Crippen LogP contribution in [0.5, 0.6) is 0 Å². The van der Waals surface area contributed by atoms with Gasteiger partial charge >= 0.3 is 18.0 Å². The van der Waals surface area contributed by atoms with E-state index < -0.39 is 11.9 Å². The van der Waals surface area contributed by atoms with Gasteiger partial charge in [0.2, 0.25) is 0 Å². The Balaban J connectivity index is 0.000000416. The predicted octanol–water partition coefficient (Wildman–Crippen LogP) is 2.39. The fourth-order valence-electron chi connectivity index (χ4n) is 2.47.